The monoisotopic (exact) mass is 344 g/mol. The Morgan fingerprint density at radius 1 is 1.44 bits per heavy atom. The van der Waals surface area contributed by atoms with Gasteiger partial charge in [0.1, 0.15) is 5.82 Å². The first-order valence-electron chi connectivity index (χ1n) is 8.83. The Bertz CT molecular complexity index is 767. The van der Waals surface area contributed by atoms with Crippen LogP contribution < -0.4 is 5.73 Å². The lowest BCUT2D eigenvalue weighted by Crippen LogP contribution is -2.39. The number of nitrogen functional groups attached to an aromatic ring is 1. The molecule has 0 bridgehead atoms. The van der Waals surface area contributed by atoms with Crippen molar-refractivity contribution in [3.05, 3.63) is 29.7 Å². The number of anilines is 1. The van der Waals surface area contributed by atoms with E-state index in [9.17, 15) is 4.79 Å². The minimum atomic E-state index is 0.0379. The zero-order chi connectivity index (χ0) is 17.4. The fourth-order valence-electron chi connectivity index (χ4n) is 3.92. The van der Waals surface area contributed by atoms with Crippen LogP contribution in [-0.2, 0) is 24.2 Å². The van der Waals surface area contributed by atoms with Crippen molar-refractivity contribution >= 4 is 11.7 Å². The standard InChI is InChI=1S/C17H24N6O2/c1-25-13-8-12(10-21-7-5-16(18)20-21)22(11-13)17(24)14-9-19-23-6-3-2-4-15(14)23/h5,7,9,12-13H,2-4,6,8,10-11H2,1H3,(H2,18,20)/t12-,13+/m0/s1. The summed E-state index contributed by atoms with van der Waals surface area (Å²) in [4.78, 5) is 15.1. The quantitative estimate of drug-likeness (QED) is 0.891. The summed E-state index contributed by atoms with van der Waals surface area (Å²) in [5.41, 5.74) is 7.51. The van der Waals surface area contributed by atoms with Crippen LogP contribution in [-0.4, -0.2) is 56.2 Å². The lowest BCUT2D eigenvalue weighted by Gasteiger charge is -2.25. The van der Waals surface area contributed by atoms with Crippen LogP contribution in [0.2, 0.25) is 0 Å². The van der Waals surface area contributed by atoms with Gasteiger partial charge in [-0.05, 0) is 31.7 Å². The minimum Gasteiger partial charge on any atom is -0.382 e. The molecule has 2 atom stereocenters. The summed E-state index contributed by atoms with van der Waals surface area (Å²) < 4.78 is 9.30. The molecule has 4 rings (SSSR count). The Morgan fingerprint density at radius 2 is 2.32 bits per heavy atom. The van der Waals surface area contributed by atoms with E-state index in [4.69, 9.17) is 10.5 Å². The third kappa shape index (κ3) is 3.02. The van der Waals surface area contributed by atoms with Gasteiger partial charge in [-0.1, -0.05) is 0 Å². The lowest BCUT2D eigenvalue weighted by atomic mass is 10.1. The molecule has 2 aliphatic rings. The number of carbonyl (C=O) groups is 1. The Labute approximate surface area is 146 Å². The number of ether oxygens (including phenoxy) is 1. The highest BCUT2D eigenvalue weighted by Crippen LogP contribution is 2.26. The molecule has 25 heavy (non-hydrogen) atoms. The van der Waals surface area contributed by atoms with Crippen LogP contribution in [0.1, 0.15) is 35.3 Å². The first-order valence-corrected chi connectivity index (χ1v) is 8.83. The maximum Gasteiger partial charge on any atom is 0.257 e. The van der Waals surface area contributed by atoms with Gasteiger partial charge in [0.15, 0.2) is 0 Å². The maximum absolute atomic E-state index is 13.2. The highest BCUT2D eigenvalue weighted by atomic mass is 16.5. The predicted octanol–water partition coefficient (Wildman–Crippen LogP) is 0.928. The van der Waals surface area contributed by atoms with E-state index < -0.39 is 0 Å². The number of hydrogen-bond acceptors (Lipinski definition) is 5. The molecule has 0 unspecified atom stereocenters. The van der Waals surface area contributed by atoms with Crippen molar-refractivity contribution in [2.45, 2.75) is 50.9 Å². The molecule has 134 valence electrons. The number of likely N-dealkylation sites (tertiary alicyclic amines) is 1. The molecule has 8 nitrogen and oxygen atoms in total. The predicted molar refractivity (Wildman–Crippen MR) is 92.0 cm³/mol. The molecular weight excluding hydrogens is 320 g/mol. The number of aromatic nitrogens is 4. The number of nitrogens with zero attached hydrogens (tertiary/aromatic N) is 5. The summed E-state index contributed by atoms with van der Waals surface area (Å²) >= 11 is 0. The topological polar surface area (TPSA) is 91.2 Å². The Balaban J connectivity index is 1.57. The van der Waals surface area contributed by atoms with Crippen LogP contribution in [0.15, 0.2) is 18.5 Å². The molecule has 1 saturated heterocycles. The van der Waals surface area contributed by atoms with Crippen molar-refractivity contribution in [3.63, 3.8) is 0 Å². The number of carbonyl (C=O) groups excluding carboxylic acids is 1. The fraction of sp³-hybridized carbons (Fsp3) is 0.588. The molecule has 8 heteroatoms. The third-order valence-electron chi connectivity index (χ3n) is 5.24. The van der Waals surface area contributed by atoms with Crippen LogP contribution in [0, 0.1) is 0 Å². The van der Waals surface area contributed by atoms with Gasteiger partial charge in [-0.15, -0.1) is 0 Å². The number of amides is 1. The summed E-state index contributed by atoms with van der Waals surface area (Å²) in [5, 5.41) is 8.66. The second-order valence-electron chi connectivity index (χ2n) is 6.85. The van der Waals surface area contributed by atoms with E-state index in [2.05, 4.69) is 10.2 Å². The van der Waals surface area contributed by atoms with Crippen LogP contribution in [0.4, 0.5) is 5.82 Å². The molecule has 0 aromatic carbocycles. The van der Waals surface area contributed by atoms with Crippen molar-refractivity contribution in [1.82, 2.24) is 24.5 Å². The van der Waals surface area contributed by atoms with E-state index in [1.54, 1.807) is 24.1 Å². The largest absolute Gasteiger partial charge is 0.382 e. The number of methoxy groups -OCH3 is 1. The molecule has 0 radical (unpaired) electrons. The fourth-order valence-corrected chi connectivity index (χ4v) is 3.92. The summed E-state index contributed by atoms with van der Waals surface area (Å²) in [6.07, 6.45) is 7.58. The Kier molecular flexibility index (Phi) is 4.20. The first-order chi connectivity index (χ1) is 12.2. The van der Waals surface area contributed by atoms with Gasteiger partial charge in [0.05, 0.1) is 36.1 Å². The summed E-state index contributed by atoms with van der Waals surface area (Å²) in [7, 11) is 1.70. The van der Waals surface area contributed by atoms with Crippen molar-refractivity contribution in [2.75, 3.05) is 19.4 Å². The van der Waals surface area contributed by atoms with Gasteiger partial charge in [-0.25, -0.2) is 0 Å². The van der Waals surface area contributed by atoms with Crippen molar-refractivity contribution in [3.8, 4) is 0 Å². The molecule has 1 fully saturated rings. The summed E-state index contributed by atoms with van der Waals surface area (Å²) in [6, 6.07) is 1.80. The van der Waals surface area contributed by atoms with Crippen LogP contribution in [0.3, 0.4) is 0 Å². The second-order valence-corrected chi connectivity index (χ2v) is 6.85. The van der Waals surface area contributed by atoms with E-state index >= 15 is 0 Å². The SMILES string of the molecule is CO[C@@H]1C[C@@H](Cn2ccc(N)n2)N(C(=O)c2cnn3c2CCCC3)C1. The maximum atomic E-state index is 13.2. The van der Waals surface area contributed by atoms with Crippen molar-refractivity contribution in [1.29, 1.82) is 0 Å². The summed E-state index contributed by atoms with van der Waals surface area (Å²) in [6.45, 7) is 2.12. The molecule has 0 saturated carbocycles. The molecule has 2 aromatic rings. The van der Waals surface area contributed by atoms with Gasteiger partial charge in [0.2, 0.25) is 0 Å². The van der Waals surface area contributed by atoms with Gasteiger partial charge < -0.3 is 15.4 Å². The minimum absolute atomic E-state index is 0.0379. The molecule has 0 spiro atoms. The first kappa shape index (κ1) is 16.1. The smallest absolute Gasteiger partial charge is 0.257 e. The summed E-state index contributed by atoms with van der Waals surface area (Å²) in [5.74, 6) is 0.540. The van der Waals surface area contributed by atoms with Gasteiger partial charge in [0, 0.05) is 26.4 Å². The zero-order valence-corrected chi connectivity index (χ0v) is 14.5. The van der Waals surface area contributed by atoms with E-state index in [1.807, 2.05) is 15.8 Å². The molecule has 1 amide bonds. The molecule has 4 heterocycles. The van der Waals surface area contributed by atoms with Gasteiger partial charge in [0.25, 0.3) is 5.91 Å². The molecule has 2 aliphatic heterocycles. The number of rotatable bonds is 4. The van der Waals surface area contributed by atoms with Crippen LogP contribution in [0.25, 0.3) is 0 Å². The highest BCUT2D eigenvalue weighted by Gasteiger charge is 2.37. The van der Waals surface area contributed by atoms with Crippen LogP contribution >= 0.6 is 0 Å². The number of nitrogens with two attached hydrogens (primary N) is 1. The third-order valence-corrected chi connectivity index (χ3v) is 5.24. The normalized spacial score (nSPS) is 23.0. The molecule has 2 aromatic heterocycles. The van der Waals surface area contributed by atoms with Gasteiger partial charge in [-0.2, -0.15) is 10.2 Å². The van der Waals surface area contributed by atoms with Crippen molar-refractivity contribution < 1.29 is 9.53 Å². The van der Waals surface area contributed by atoms with Gasteiger partial charge >= 0.3 is 0 Å². The molecule has 0 aliphatic carbocycles. The number of fused-ring (bicyclic) bond motifs is 1. The average molecular weight is 344 g/mol. The highest BCUT2D eigenvalue weighted by molar-refractivity contribution is 5.95. The van der Waals surface area contributed by atoms with E-state index in [-0.39, 0.29) is 18.1 Å². The molecule has 2 N–H and O–H groups in total. The molecular formula is C17H24N6O2. The second kappa shape index (κ2) is 6.51. The van der Waals surface area contributed by atoms with Crippen LogP contribution in [0.5, 0.6) is 0 Å². The number of aryl methyl sites for hydroxylation is 1. The Morgan fingerprint density at radius 3 is 3.08 bits per heavy atom. The van der Waals surface area contributed by atoms with E-state index in [1.165, 1.54) is 0 Å². The van der Waals surface area contributed by atoms with Gasteiger partial charge in [-0.3, -0.25) is 14.2 Å². The van der Waals surface area contributed by atoms with E-state index in [0.717, 1.165) is 43.5 Å². The van der Waals surface area contributed by atoms with E-state index in [0.29, 0.717) is 18.9 Å². The average Bonchev–Trinajstić information content (AvgIpc) is 3.33. The Hall–Kier alpha value is -2.35. The number of hydrogen-bond donors (Lipinski definition) is 1. The lowest BCUT2D eigenvalue weighted by molar-refractivity contribution is 0.0677. The zero-order valence-electron chi connectivity index (χ0n) is 14.5. The van der Waals surface area contributed by atoms with Crippen molar-refractivity contribution in [2.24, 2.45) is 0 Å².